The number of benzene rings is 1. The summed E-state index contributed by atoms with van der Waals surface area (Å²) in [6, 6.07) is 4.91. The molecular weight excluding hydrogens is 207 g/mol. The van der Waals surface area contributed by atoms with Crippen LogP contribution in [-0.4, -0.2) is 0 Å². The second-order valence-corrected chi connectivity index (χ2v) is 2.98. The number of rotatable bonds is 1. The summed E-state index contributed by atoms with van der Waals surface area (Å²) in [6.45, 7) is 3.49. The molecule has 0 aliphatic rings. The molecule has 0 aliphatic heterocycles. The Morgan fingerprint density at radius 2 is 2.18 bits per heavy atom. The van der Waals surface area contributed by atoms with Gasteiger partial charge in [-0.15, -0.1) is 0 Å². The minimum atomic E-state index is -0.237. The van der Waals surface area contributed by atoms with Gasteiger partial charge in [-0.05, 0) is 19.1 Å². The monoisotopic (exact) mass is 213 g/mol. The summed E-state index contributed by atoms with van der Waals surface area (Å²) in [7, 11) is 0. The van der Waals surface area contributed by atoms with Crippen LogP contribution in [0.4, 0.5) is 4.39 Å². The first-order chi connectivity index (χ1) is 5.24. The Bertz CT molecular complexity index is 279. The van der Waals surface area contributed by atoms with Crippen molar-refractivity contribution < 1.29 is 4.39 Å². The van der Waals surface area contributed by atoms with Crippen molar-refractivity contribution in [3.63, 3.8) is 0 Å². The molecule has 2 heteroatoms. The summed E-state index contributed by atoms with van der Waals surface area (Å²) >= 11 is 3.17. The molecular formula is C9H7BrF. The highest BCUT2D eigenvalue weighted by molar-refractivity contribution is 9.10. The van der Waals surface area contributed by atoms with E-state index in [0.717, 1.165) is 4.47 Å². The molecule has 0 bridgehead atoms. The van der Waals surface area contributed by atoms with Crippen LogP contribution in [0.5, 0.6) is 0 Å². The Hall–Kier alpha value is -0.630. The summed E-state index contributed by atoms with van der Waals surface area (Å²) in [5.41, 5.74) is 0.559. The van der Waals surface area contributed by atoms with Gasteiger partial charge in [0.2, 0.25) is 0 Å². The van der Waals surface area contributed by atoms with Gasteiger partial charge in [0.15, 0.2) is 0 Å². The Labute approximate surface area is 73.9 Å². The zero-order valence-electron chi connectivity index (χ0n) is 5.85. The topological polar surface area (TPSA) is 0 Å². The molecule has 0 fully saturated rings. The molecule has 11 heavy (non-hydrogen) atoms. The third kappa shape index (κ3) is 2.15. The third-order valence-electron chi connectivity index (χ3n) is 1.26. The van der Waals surface area contributed by atoms with Gasteiger partial charge < -0.3 is 0 Å². The second kappa shape index (κ2) is 3.67. The van der Waals surface area contributed by atoms with Gasteiger partial charge in [-0.3, -0.25) is 0 Å². The van der Waals surface area contributed by atoms with Gasteiger partial charge in [0.05, 0.1) is 0 Å². The van der Waals surface area contributed by atoms with E-state index >= 15 is 0 Å². The van der Waals surface area contributed by atoms with E-state index < -0.39 is 0 Å². The van der Waals surface area contributed by atoms with Gasteiger partial charge in [-0.1, -0.05) is 34.1 Å². The van der Waals surface area contributed by atoms with Gasteiger partial charge in [0.25, 0.3) is 0 Å². The first-order valence-electron chi connectivity index (χ1n) is 3.15. The van der Waals surface area contributed by atoms with Crippen LogP contribution in [0.3, 0.4) is 0 Å². The molecule has 0 N–H and O–H groups in total. The molecule has 0 spiro atoms. The van der Waals surface area contributed by atoms with Crippen LogP contribution in [0, 0.1) is 12.7 Å². The Balaban J connectivity index is 3.09. The van der Waals surface area contributed by atoms with Crippen molar-refractivity contribution in [3.8, 4) is 0 Å². The van der Waals surface area contributed by atoms with E-state index in [1.165, 1.54) is 6.07 Å². The lowest BCUT2D eigenvalue weighted by Gasteiger charge is -1.95. The third-order valence-corrected chi connectivity index (χ3v) is 1.75. The molecule has 0 atom stereocenters. The molecule has 1 aromatic rings. The fourth-order valence-corrected chi connectivity index (χ4v) is 1.10. The predicted octanol–water partition coefficient (Wildman–Crippen LogP) is 3.44. The summed E-state index contributed by atoms with van der Waals surface area (Å²) < 4.78 is 13.7. The minimum absolute atomic E-state index is 0.237. The zero-order chi connectivity index (χ0) is 8.27. The van der Waals surface area contributed by atoms with E-state index in [0.29, 0.717) is 5.56 Å². The Kier molecular flexibility index (Phi) is 2.83. The summed E-state index contributed by atoms with van der Waals surface area (Å²) in [4.78, 5) is 0. The van der Waals surface area contributed by atoms with Crippen molar-refractivity contribution in [2.24, 2.45) is 0 Å². The number of halogens is 2. The predicted molar refractivity (Wildman–Crippen MR) is 48.5 cm³/mol. The van der Waals surface area contributed by atoms with Crippen LogP contribution in [0.2, 0.25) is 0 Å². The average Bonchev–Trinajstić information content (AvgIpc) is 1.95. The van der Waals surface area contributed by atoms with E-state index in [1.54, 1.807) is 24.3 Å². The molecule has 57 valence electrons. The van der Waals surface area contributed by atoms with Gasteiger partial charge in [-0.2, -0.15) is 0 Å². The molecule has 0 saturated carbocycles. The standard InChI is InChI=1S/C9H7BrF/c1-2-3-7-4-5-8(10)6-9(7)11/h2-6H,1H2. The van der Waals surface area contributed by atoms with Crippen molar-refractivity contribution in [1.82, 2.24) is 0 Å². The summed E-state index contributed by atoms with van der Waals surface area (Å²) in [5.74, 6) is -0.237. The fraction of sp³-hybridized carbons (Fsp3) is 0. The summed E-state index contributed by atoms with van der Waals surface area (Å²) in [6.07, 6.45) is 3.19. The number of allylic oxidation sites excluding steroid dienone is 1. The number of hydrogen-bond donors (Lipinski definition) is 0. The molecule has 1 rings (SSSR count). The molecule has 1 radical (unpaired) electrons. The van der Waals surface area contributed by atoms with Gasteiger partial charge in [0, 0.05) is 10.0 Å². The van der Waals surface area contributed by atoms with Gasteiger partial charge >= 0.3 is 0 Å². The lowest BCUT2D eigenvalue weighted by molar-refractivity contribution is 0.624. The molecule has 1 aromatic carbocycles. The van der Waals surface area contributed by atoms with Crippen LogP contribution in [-0.2, 0) is 0 Å². The molecule has 0 saturated heterocycles. The molecule has 0 aliphatic carbocycles. The highest BCUT2D eigenvalue weighted by atomic mass is 79.9. The van der Waals surface area contributed by atoms with E-state index in [4.69, 9.17) is 0 Å². The maximum absolute atomic E-state index is 12.9. The van der Waals surface area contributed by atoms with Crippen molar-refractivity contribution in [2.75, 3.05) is 0 Å². The van der Waals surface area contributed by atoms with Gasteiger partial charge in [0.1, 0.15) is 5.82 Å². The smallest absolute Gasteiger partial charge is 0.131 e. The molecule has 0 heterocycles. The maximum Gasteiger partial charge on any atom is 0.131 e. The van der Waals surface area contributed by atoms with Gasteiger partial charge in [-0.25, -0.2) is 4.39 Å². The van der Waals surface area contributed by atoms with Crippen LogP contribution in [0.25, 0.3) is 6.08 Å². The Morgan fingerprint density at radius 3 is 2.73 bits per heavy atom. The highest BCUT2D eigenvalue weighted by Crippen LogP contribution is 2.15. The quantitative estimate of drug-likeness (QED) is 0.671. The zero-order valence-corrected chi connectivity index (χ0v) is 7.44. The van der Waals surface area contributed by atoms with Crippen molar-refractivity contribution in [2.45, 2.75) is 0 Å². The van der Waals surface area contributed by atoms with Crippen LogP contribution in [0.15, 0.2) is 28.7 Å². The van der Waals surface area contributed by atoms with E-state index in [-0.39, 0.29) is 5.82 Å². The molecule has 0 unspecified atom stereocenters. The average molecular weight is 214 g/mol. The lowest BCUT2D eigenvalue weighted by Crippen LogP contribution is -1.80. The molecule has 0 nitrogen and oxygen atoms in total. The molecule has 0 aromatic heterocycles. The van der Waals surface area contributed by atoms with Crippen LogP contribution < -0.4 is 0 Å². The van der Waals surface area contributed by atoms with Crippen LogP contribution >= 0.6 is 15.9 Å². The fourth-order valence-electron chi connectivity index (χ4n) is 0.764. The Morgan fingerprint density at radius 1 is 1.45 bits per heavy atom. The largest absolute Gasteiger partial charge is 0.206 e. The van der Waals surface area contributed by atoms with E-state index in [1.807, 2.05) is 0 Å². The van der Waals surface area contributed by atoms with E-state index in [2.05, 4.69) is 22.9 Å². The minimum Gasteiger partial charge on any atom is -0.206 e. The lowest BCUT2D eigenvalue weighted by atomic mass is 10.2. The van der Waals surface area contributed by atoms with Crippen molar-refractivity contribution >= 4 is 22.0 Å². The first kappa shape index (κ1) is 8.47. The van der Waals surface area contributed by atoms with Crippen molar-refractivity contribution in [1.29, 1.82) is 0 Å². The van der Waals surface area contributed by atoms with Crippen molar-refractivity contribution in [3.05, 3.63) is 47.1 Å². The first-order valence-corrected chi connectivity index (χ1v) is 3.94. The maximum atomic E-state index is 12.9. The SMILES string of the molecule is [CH2]C=Cc1ccc(Br)cc1F. The normalized spacial score (nSPS) is 10.8. The number of hydrogen-bond acceptors (Lipinski definition) is 0. The molecule has 0 amide bonds. The second-order valence-electron chi connectivity index (χ2n) is 2.07. The highest BCUT2D eigenvalue weighted by Gasteiger charge is 1.97. The van der Waals surface area contributed by atoms with E-state index in [9.17, 15) is 4.39 Å². The summed E-state index contributed by atoms with van der Waals surface area (Å²) in [5, 5.41) is 0. The van der Waals surface area contributed by atoms with Crippen LogP contribution in [0.1, 0.15) is 5.56 Å².